The van der Waals surface area contributed by atoms with Gasteiger partial charge in [-0.1, -0.05) is 95.0 Å². The fourth-order valence-electron chi connectivity index (χ4n) is 4.55. The van der Waals surface area contributed by atoms with E-state index in [1.54, 1.807) is 48.5 Å². The minimum atomic E-state index is -4.22. The number of amides is 2. The van der Waals surface area contributed by atoms with Gasteiger partial charge in [-0.2, -0.15) is 0 Å². The number of benzene rings is 4. The lowest BCUT2D eigenvalue weighted by Crippen LogP contribution is -2.53. The van der Waals surface area contributed by atoms with Crippen LogP contribution in [0.3, 0.4) is 0 Å². The molecule has 0 aliphatic carbocycles. The van der Waals surface area contributed by atoms with Crippen molar-refractivity contribution >= 4 is 62.3 Å². The highest BCUT2D eigenvalue weighted by Crippen LogP contribution is 2.28. The van der Waals surface area contributed by atoms with E-state index < -0.39 is 34.4 Å². The predicted molar refractivity (Wildman–Crippen MR) is 172 cm³/mol. The number of halogens is 3. The van der Waals surface area contributed by atoms with Crippen LogP contribution in [0.1, 0.15) is 16.7 Å². The van der Waals surface area contributed by atoms with Crippen molar-refractivity contribution in [1.29, 1.82) is 0 Å². The molecule has 224 valence electrons. The zero-order chi connectivity index (χ0) is 31.1. The summed E-state index contributed by atoms with van der Waals surface area (Å²) in [6.07, 6.45) is 0.190. The standard InChI is InChI=1S/C32H30Cl3N3O4S/c1-22-11-14-27(15-12-22)43(41,42)38(26-10-6-9-25(33)19-26)21-31(39)37(20-24-13-16-28(34)29(35)17-24)30(32(40)36-2)18-23-7-4-3-5-8-23/h3-17,19,30H,18,20-21H2,1-2H3,(H,36,40)/t30-/m0/s1. The Morgan fingerprint density at radius 3 is 2.14 bits per heavy atom. The van der Waals surface area contributed by atoms with E-state index in [4.69, 9.17) is 34.8 Å². The Kier molecular flexibility index (Phi) is 10.7. The van der Waals surface area contributed by atoms with E-state index >= 15 is 0 Å². The quantitative estimate of drug-likeness (QED) is 0.198. The monoisotopic (exact) mass is 657 g/mol. The van der Waals surface area contributed by atoms with Gasteiger partial charge >= 0.3 is 0 Å². The number of carbonyl (C=O) groups excluding carboxylic acids is 2. The first kappa shape index (κ1) is 32.4. The zero-order valence-electron chi connectivity index (χ0n) is 23.5. The van der Waals surface area contributed by atoms with Gasteiger partial charge in [0.05, 0.1) is 20.6 Å². The van der Waals surface area contributed by atoms with Gasteiger partial charge in [-0.15, -0.1) is 0 Å². The number of nitrogens with zero attached hydrogens (tertiary/aromatic N) is 2. The van der Waals surface area contributed by atoms with Crippen LogP contribution in [-0.2, 0) is 32.6 Å². The average Bonchev–Trinajstić information content (AvgIpc) is 2.99. The second-order valence-electron chi connectivity index (χ2n) is 9.89. The molecule has 4 aromatic carbocycles. The molecule has 0 unspecified atom stereocenters. The largest absolute Gasteiger partial charge is 0.357 e. The number of hydrogen-bond donors (Lipinski definition) is 1. The van der Waals surface area contributed by atoms with E-state index in [-0.39, 0.29) is 28.6 Å². The molecule has 0 saturated carbocycles. The van der Waals surface area contributed by atoms with E-state index in [1.165, 1.54) is 30.1 Å². The Balaban J connectivity index is 1.80. The minimum Gasteiger partial charge on any atom is -0.357 e. The Morgan fingerprint density at radius 2 is 1.51 bits per heavy atom. The number of anilines is 1. The number of hydrogen-bond acceptors (Lipinski definition) is 4. The molecule has 4 rings (SSSR count). The molecule has 4 aromatic rings. The Bertz CT molecular complexity index is 1700. The second kappa shape index (κ2) is 14.3. The van der Waals surface area contributed by atoms with Crippen molar-refractivity contribution in [1.82, 2.24) is 10.2 Å². The van der Waals surface area contributed by atoms with Crippen molar-refractivity contribution < 1.29 is 18.0 Å². The maximum atomic E-state index is 14.3. The fraction of sp³-hybridized carbons (Fsp3) is 0.188. The van der Waals surface area contributed by atoms with Gasteiger partial charge in [0, 0.05) is 25.0 Å². The highest BCUT2D eigenvalue weighted by atomic mass is 35.5. The molecule has 1 N–H and O–H groups in total. The van der Waals surface area contributed by atoms with Gasteiger partial charge in [0.15, 0.2) is 0 Å². The van der Waals surface area contributed by atoms with Gasteiger partial charge in [0.25, 0.3) is 10.0 Å². The SMILES string of the molecule is CNC(=O)[C@H](Cc1ccccc1)N(Cc1ccc(Cl)c(Cl)c1)C(=O)CN(c1cccc(Cl)c1)S(=O)(=O)c1ccc(C)cc1. The van der Waals surface area contributed by atoms with E-state index in [0.29, 0.717) is 15.6 Å². The topological polar surface area (TPSA) is 86.8 Å². The van der Waals surface area contributed by atoms with Crippen LogP contribution in [-0.4, -0.2) is 44.8 Å². The summed E-state index contributed by atoms with van der Waals surface area (Å²) in [4.78, 5) is 29.0. The number of nitrogens with one attached hydrogen (secondary N) is 1. The van der Waals surface area contributed by atoms with E-state index in [2.05, 4.69) is 5.32 Å². The van der Waals surface area contributed by atoms with Crippen LogP contribution in [0.4, 0.5) is 5.69 Å². The summed E-state index contributed by atoms with van der Waals surface area (Å²) in [6.45, 7) is 1.22. The van der Waals surface area contributed by atoms with Gasteiger partial charge < -0.3 is 10.2 Å². The number of sulfonamides is 1. The predicted octanol–water partition coefficient (Wildman–Crippen LogP) is 6.54. The summed E-state index contributed by atoms with van der Waals surface area (Å²) in [5, 5.41) is 3.58. The molecule has 0 aliphatic heterocycles. The lowest BCUT2D eigenvalue weighted by molar-refractivity contribution is -0.139. The number of carbonyl (C=O) groups is 2. The van der Waals surface area contributed by atoms with E-state index in [0.717, 1.165) is 15.4 Å². The summed E-state index contributed by atoms with van der Waals surface area (Å²) >= 11 is 18.7. The van der Waals surface area contributed by atoms with Crippen LogP contribution >= 0.6 is 34.8 Å². The summed E-state index contributed by atoms with van der Waals surface area (Å²) in [5.41, 5.74) is 2.52. The molecular weight excluding hydrogens is 629 g/mol. The fourth-order valence-corrected chi connectivity index (χ4v) is 6.46. The summed E-state index contributed by atoms with van der Waals surface area (Å²) in [5.74, 6) is -1.01. The van der Waals surface area contributed by atoms with Crippen LogP contribution < -0.4 is 9.62 Å². The van der Waals surface area contributed by atoms with Crippen molar-refractivity contribution in [2.75, 3.05) is 17.9 Å². The summed E-state index contributed by atoms with van der Waals surface area (Å²) in [7, 11) is -2.74. The van der Waals surface area contributed by atoms with Crippen LogP contribution in [0.2, 0.25) is 15.1 Å². The third-order valence-corrected chi connectivity index (χ3v) is 9.60. The summed E-state index contributed by atoms with van der Waals surface area (Å²) < 4.78 is 29.0. The molecule has 0 heterocycles. The lowest BCUT2D eigenvalue weighted by atomic mass is 10.0. The Labute approximate surface area is 267 Å². The molecule has 11 heteroatoms. The van der Waals surface area contributed by atoms with Crippen molar-refractivity contribution in [3.05, 3.63) is 129 Å². The summed E-state index contributed by atoms with van der Waals surface area (Å²) in [6, 6.07) is 25.8. The number of rotatable bonds is 11. The highest BCUT2D eigenvalue weighted by Gasteiger charge is 2.34. The minimum absolute atomic E-state index is 0.00838. The van der Waals surface area contributed by atoms with Crippen molar-refractivity contribution in [3.8, 4) is 0 Å². The van der Waals surface area contributed by atoms with Crippen molar-refractivity contribution in [3.63, 3.8) is 0 Å². The molecule has 43 heavy (non-hydrogen) atoms. The van der Waals surface area contributed by atoms with Crippen LogP contribution in [0, 0.1) is 6.92 Å². The number of likely N-dealkylation sites (N-methyl/N-ethyl adjacent to an activating group) is 1. The van der Waals surface area contributed by atoms with Crippen molar-refractivity contribution in [2.45, 2.75) is 30.8 Å². The van der Waals surface area contributed by atoms with Gasteiger partial charge in [-0.05, 0) is 60.5 Å². The van der Waals surface area contributed by atoms with Gasteiger partial charge in [0.1, 0.15) is 12.6 Å². The van der Waals surface area contributed by atoms with Crippen LogP contribution in [0.5, 0.6) is 0 Å². The van der Waals surface area contributed by atoms with Gasteiger partial charge in [0.2, 0.25) is 11.8 Å². The first-order chi connectivity index (χ1) is 20.5. The molecule has 0 spiro atoms. The first-order valence-electron chi connectivity index (χ1n) is 13.3. The molecule has 7 nitrogen and oxygen atoms in total. The zero-order valence-corrected chi connectivity index (χ0v) is 26.6. The van der Waals surface area contributed by atoms with E-state index in [1.807, 2.05) is 37.3 Å². The Morgan fingerprint density at radius 1 is 0.814 bits per heavy atom. The molecule has 0 saturated heterocycles. The van der Waals surface area contributed by atoms with Crippen LogP contribution in [0.15, 0.2) is 102 Å². The molecule has 0 radical (unpaired) electrons. The number of aryl methyl sites for hydroxylation is 1. The molecule has 0 fully saturated rings. The smallest absolute Gasteiger partial charge is 0.264 e. The average molecular weight is 659 g/mol. The van der Waals surface area contributed by atoms with E-state index in [9.17, 15) is 18.0 Å². The third-order valence-electron chi connectivity index (χ3n) is 6.84. The molecule has 0 aromatic heterocycles. The molecular formula is C32H30Cl3N3O4S. The normalized spacial score (nSPS) is 11.9. The van der Waals surface area contributed by atoms with Gasteiger partial charge in [-0.3, -0.25) is 13.9 Å². The first-order valence-corrected chi connectivity index (χ1v) is 15.9. The Hall–Kier alpha value is -3.56. The maximum absolute atomic E-state index is 14.3. The molecule has 0 bridgehead atoms. The third kappa shape index (κ3) is 8.09. The maximum Gasteiger partial charge on any atom is 0.264 e. The van der Waals surface area contributed by atoms with Gasteiger partial charge in [-0.25, -0.2) is 8.42 Å². The molecule has 0 aliphatic rings. The lowest BCUT2D eigenvalue weighted by Gasteiger charge is -2.33. The van der Waals surface area contributed by atoms with Crippen LogP contribution in [0.25, 0.3) is 0 Å². The second-order valence-corrected chi connectivity index (χ2v) is 13.0. The highest BCUT2D eigenvalue weighted by molar-refractivity contribution is 7.92. The molecule has 2 amide bonds. The molecule has 1 atom stereocenters. The van der Waals surface area contributed by atoms with Crippen molar-refractivity contribution in [2.24, 2.45) is 0 Å².